The molecule has 0 aromatic heterocycles. The molecule has 0 saturated heterocycles. The number of rotatable bonds is 6. The maximum absolute atomic E-state index is 11.8. The monoisotopic (exact) mass is 270 g/mol. The molecule has 0 aromatic carbocycles. The van der Waals surface area contributed by atoms with Crippen LogP contribution in [0.4, 0.5) is 4.79 Å². The fourth-order valence-electron chi connectivity index (χ4n) is 2.40. The molecular weight excluding hydrogens is 244 g/mol. The number of urea groups is 1. The van der Waals surface area contributed by atoms with E-state index in [9.17, 15) is 9.59 Å². The van der Waals surface area contributed by atoms with Gasteiger partial charge in [0.05, 0.1) is 6.42 Å². The van der Waals surface area contributed by atoms with Crippen molar-refractivity contribution < 1.29 is 14.7 Å². The van der Waals surface area contributed by atoms with Crippen LogP contribution in [0.3, 0.4) is 0 Å². The second-order valence-electron chi connectivity index (χ2n) is 6.69. The minimum absolute atomic E-state index is 0.0149. The Morgan fingerprint density at radius 3 is 2.42 bits per heavy atom. The Kier molecular flexibility index (Phi) is 5.20. The third kappa shape index (κ3) is 6.45. The molecule has 1 fully saturated rings. The first-order valence-corrected chi connectivity index (χ1v) is 7.00. The van der Waals surface area contributed by atoms with Crippen LogP contribution in [-0.2, 0) is 4.79 Å². The Labute approximate surface area is 115 Å². The van der Waals surface area contributed by atoms with Crippen molar-refractivity contribution in [2.75, 3.05) is 0 Å². The Bertz CT molecular complexity index is 336. The van der Waals surface area contributed by atoms with Gasteiger partial charge < -0.3 is 15.7 Å². The van der Waals surface area contributed by atoms with Gasteiger partial charge in [-0.3, -0.25) is 4.79 Å². The van der Waals surface area contributed by atoms with Gasteiger partial charge in [0.25, 0.3) is 0 Å². The number of carboxylic acid groups (broad SMARTS) is 1. The van der Waals surface area contributed by atoms with Gasteiger partial charge in [0.15, 0.2) is 0 Å². The van der Waals surface area contributed by atoms with Crippen LogP contribution in [-0.4, -0.2) is 29.2 Å². The minimum Gasteiger partial charge on any atom is -0.481 e. The van der Waals surface area contributed by atoms with E-state index in [0.717, 1.165) is 12.8 Å². The predicted molar refractivity (Wildman–Crippen MR) is 74.0 cm³/mol. The third-order valence-electron chi connectivity index (χ3n) is 3.38. The molecular formula is C14H26N2O3. The summed E-state index contributed by atoms with van der Waals surface area (Å²) < 4.78 is 0. The zero-order valence-electron chi connectivity index (χ0n) is 12.3. The summed E-state index contributed by atoms with van der Waals surface area (Å²) >= 11 is 0. The number of hydrogen-bond acceptors (Lipinski definition) is 2. The molecule has 0 spiro atoms. The van der Waals surface area contributed by atoms with E-state index in [4.69, 9.17) is 5.11 Å². The zero-order chi connectivity index (χ0) is 14.6. The first-order valence-electron chi connectivity index (χ1n) is 7.00. The van der Waals surface area contributed by atoms with Crippen LogP contribution in [0.1, 0.15) is 53.4 Å². The summed E-state index contributed by atoms with van der Waals surface area (Å²) in [6, 6.07) is -0.294. The van der Waals surface area contributed by atoms with E-state index >= 15 is 0 Å². The molecule has 110 valence electrons. The Morgan fingerprint density at radius 2 is 2.00 bits per heavy atom. The van der Waals surface area contributed by atoms with Crippen LogP contribution in [0.2, 0.25) is 0 Å². The first kappa shape index (κ1) is 15.8. The number of nitrogens with one attached hydrogen (secondary N) is 2. The average Bonchev–Trinajstić information content (AvgIpc) is 2.91. The molecule has 1 aliphatic rings. The second kappa shape index (κ2) is 6.26. The maximum Gasteiger partial charge on any atom is 0.315 e. The summed E-state index contributed by atoms with van der Waals surface area (Å²) in [6.45, 7) is 8.22. The molecule has 0 aromatic rings. The largest absolute Gasteiger partial charge is 0.481 e. The van der Waals surface area contributed by atoms with E-state index < -0.39 is 5.97 Å². The summed E-state index contributed by atoms with van der Waals surface area (Å²) in [5.41, 5.74) is -0.0149. The highest BCUT2D eigenvalue weighted by atomic mass is 16.4. The van der Waals surface area contributed by atoms with Crippen LogP contribution >= 0.6 is 0 Å². The quantitative estimate of drug-likeness (QED) is 0.693. The van der Waals surface area contributed by atoms with E-state index in [2.05, 4.69) is 17.6 Å². The molecule has 5 heteroatoms. The topological polar surface area (TPSA) is 78.4 Å². The summed E-state index contributed by atoms with van der Waals surface area (Å²) in [5.74, 6) is -0.293. The number of carbonyl (C=O) groups excluding carboxylic acids is 1. The molecule has 0 aliphatic heterocycles. The Hall–Kier alpha value is -1.26. The van der Waals surface area contributed by atoms with Crippen molar-refractivity contribution in [2.24, 2.45) is 11.3 Å². The first-order chi connectivity index (χ1) is 8.71. The number of carboxylic acids is 1. The molecule has 0 heterocycles. The smallest absolute Gasteiger partial charge is 0.315 e. The fourth-order valence-corrected chi connectivity index (χ4v) is 2.40. The average molecular weight is 270 g/mol. The molecule has 1 aliphatic carbocycles. The van der Waals surface area contributed by atoms with Gasteiger partial charge in [-0.05, 0) is 24.2 Å². The van der Waals surface area contributed by atoms with Crippen LogP contribution in [0.5, 0.6) is 0 Å². The second-order valence-corrected chi connectivity index (χ2v) is 6.69. The molecule has 3 atom stereocenters. The zero-order valence-corrected chi connectivity index (χ0v) is 12.3. The van der Waals surface area contributed by atoms with Gasteiger partial charge in [0.1, 0.15) is 0 Å². The number of hydrogen-bond donors (Lipinski definition) is 3. The van der Waals surface area contributed by atoms with Gasteiger partial charge in [0.2, 0.25) is 0 Å². The SMILES string of the molecule is CCC1CC1NC(=O)NC(CC(=O)O)CC(C)(C)C. The Morgan fingerprint density at radius 1 is 1.37 bits per heavy atom. The molecule has 0 radical (unpaired) electrons. The Balaban J connectivity index is 2.42. The van der Waals surface area contributed by atoms with Gasteiger partial charge in [-0.2, -0.15) is 0 Å². The molecule has 3 unspecified atom stereocenters. The van der Waals surface area contributed by atoms with E-state index in [-0.39, 0.29) is 30.0 Å². The normalized spacial score (nSPS) is 23.6. The van der Waals surface area contributed by atoms with Crippen molar-refractivity contribution in [3.63, 3.8) is 0 Å². The van der Waals surface area contributed by atoms with Crippen molar-refractivity contribution in [3.8, 4) is 0 Å². The summed E-state index contributed by atoms with van der Waals surface area (Å²) in [5, 5.41) is 14.6. The fraction of sp³-hybridized carbons (Fsp3) is 0.857. The van der Waals surface area contributed by atoms with Gasteiger partial charge in [0, 0.05) is 12.1 Å². The highest BCUT2D eigenvalue weighted by Crippen LogP contribution is 2.33. The molecule has 3 N–H and O–H groups in total. The van der Waals surface area contributed by atoms with Crippen LogP contribution in [0.15, 0.2) is 0 Å². The van der Waals surface area contributed by atoms with Gasteiger partial charge in [-0.15, -0.1) is 0 Å². The van der Waals surface area contributed by atoms with E-state index in [1.807, 2.05) is 20.8 Å². The van der Waals surface area contributed by atoms with Gasteiger partial charge in [-0.1, -0.05) is 34.1 Å². The molecule has 19 heavy (non-hydrogen) atoms. The summed E-state index contributed by atoms with van der Waals surface area (Å²) in [6.07, 6.45) is 2.72. The van der Waals surface area contributed by atoms with Crippen molar-refractivity contribution in [3.05, 3.63) is 0 Å². The van der Waals surface area contributed by atoms with Gasteiger partial charge >= 0.3 is 12.0 Å². The van der Waals surface area contributed by atoms with Crippen molar-refractivity contribution in [2.45, 2.75) is 65.5 Å². The van der Waals surface area contributed by atoms with E-state index in [1.54, 1.807) is 0 Å². The highest BCUT2D eigenvalue weighted by Gasteiger charge is 2.36. The lowest BCUT2D eigenvalue weighted by Gasteiger charge is -2.26. The van der Waals surface area contributed by atoms with Crippen molar-refractivity contribution >= 4 is 12.0 Å². The van der Waals surface area contributed by atoms with Crippen LogP contribution < -0.4 is 10.6 Å². The van der Waals surface area contributed by atoms with Crippen molar-refractivity contribution in [1.82, 2.24) is 10.6 Å². The molecule has 0 bridgehead atoms. The lowest BCUT2D eigenvalue weighted by atomic mass is 9.87. The van der Waals surface area contributed by atoms with E-state index in [0.29, 0.717) is 12.3 Å². The standard InChI is InChI=1S/C14H26N2O3/c1-5-9-6-11(9)16-13(19)15-10(7-12(17)18)8-14(2,3)4/h9-11H,5-8H2,1-4H3,(H,17,18)(H2,15,16,19). The molecule has 1 saturated carbocycles. The highest BCUT2D eigenvalue weighted by molar-refractivity contribution is 5.76. The predicted octanol–water partition coefficient (Wildman–Crippen LogP) is 2.36. The summed E-state index contributed by atoms with van der Waals surface area (Å²) in [4.78, 5) is 22.7. The third-order valence-corrected chi connectivity index (χ3v) is 3.38. The molecule has 5 nitrogen and oxygen atoms in total. The van der Waals surface area contributed by atoms with Crippen molar-refractivity contribution in [1.29, 1.82) is 0 Å². The van der Waals surface area contributed by atoms with Gasteiger partial charge in [-0.25, -0.2) is 4.79 Å². The number of aliphatic carboxylic acids is 1. The van der Waals surface area contributed by atoms with E-state index in [1.165, 1.54) is 0 Å². The number of amides is 2. The molecule has 2 amide bonds. The van der Waals surface area contributed by atoms with Crippen LogP contribution in [0, 0.1) is 11.3 Å². The lowest BCUT2D eigenvalue weighted by molar-refractivity contribution is -0.137. The minimum atomic E-state index is -0.882. The molecule has 1 rings (SSSR count). The van der Waals surface area contributed by atoms with Crippen LogP contribution in [0.25, 0.3) is 0 Å². The lowest BCUT2D eigenvalue weighted by Crippen LogP contribution is -2.45. The number of carbonyl (C=O) groups is 2. The maximum atomic E-state index is 11.8. The summed E-state index contributed by atoms with van der Waals surface area (Å²) in [7, 11) is 0.